The summed E-state index contributed by atoms with van der Waals surface area (Å²) in [7, 11) is 0. The van der Waals surface area contributed by atoms with Gasteiger partial charge in [-0.3, -0.25) is 4.79 Å². The Morgan fingerprint density at radius 2 is 1.85 bits per heavy atom. The molecule has 138 valence electrons. The van der Waals surface area contributed by atoms with Crippen molar-refractivity contribution in [2.24, 2.45) is 5.92 Å². The van der Waals surface area contributed by atoms with Gasteiger partial charge in [-0.1, -0.05) is 31.5 Å². The van der Waals surface area contributed by atoms with E-state index in [1.165, 1.54) is 0 Å². The van der Waals surface area contributed by atoms with Crippen molar-refractivity contribution in [2.45, 2.75) is 26.7 Å². The van der Waals surface area contributed by atoms with E-state index in [0.717, 1.165) is 43.1 Å². The molecule has 3 rings (SSSR count). The van der Waals surface area contributed by atoms with Crippen LogP contribution in [0.2, 0.25) is 5.02 Å². The van der Waals surface area contributed by atoms with Crippen molar-refractivity contribution in [3.8, 4) is 5.75 Å². The molecule has 5 heteroatoms. The first kappa shape index (κ1) is 18.6. The molecule has 1 fully saturated rings. The Bertz CT molecular complexity index is 753. The lowest BCUT2D eigenvalue weighted by molar-refractivity contribution is 0.102. The van der Waals surface area contributed by atoms with Gasteiger partial charge in [-0.25, -0.2) is 0 Å². The third-order valence-corrected chi connectivity index (χ3v) is 4.66. The summed E-state index contributed by atoms with van der Waals surface area (Å²) in [5, 5.41) is 3.68. The fourth-order valence-corrected chi connectivity index (χ4v) is 3.33. The van der Waals surface area contributed by atoms with Crippen LogP contribution in [0.5, 0.6) is 5.75 Å². The Hall–Kier alpha value is -2.20. The highest BCUT2D eigenvalue weighted by atomic mass is 35.5. The van der Waals surface area contributed by atoms with E-state index in [9.17, 15) is 4.79 Å². The Morgan fingerprint density at radius 3 is 2.50 bits per heavy atom. The van der Waals surface area contributed by atoms with Gasteiger partial charge in [0.05, 0.1) is 23.0 Å². The van der Waals surface area contributed by atoms with Crippen molar-refractivity contribution in [1.82, 2.24) is 0 Å². The predicted octanol–water partition coefficient (Wildman–Crippen LogP) is 5.23. The number of nitrogens with one attached hydrogen (secondary N) is 1. The summed E-state index contributed by atoms with van der Waals surface area (Å²) in [6, 6.07) is 12.9. The predicted molar refractivity (Wildman–Crippen MR) is 108 cm³/mol. The summed E-state index contributed by atoms with van der Waals surface area (Å²) in [4.78, 5) is 14.9. The first-order chi connectivity index (χ1) is 12.5. The average molecular weight is 373 g/mol. The molecule has 1 aliphatic heterocycles. The van der Waals surface area contributed by atoms with Crippen LogP contribution in [-0.2, 0) is 0 Å². The second-order valence-corrected chi connectivity index (χ2v) is 7.42. The maximum absolute atomic E-state index is 12.7. The van der Waals surface area contributed by atoms with Crippen LogP contribution in [0.15, 0.2) is 42.5 Å². The summed E-state index contributed by atoms with van der Waals surface area (Å²) in [5.41, 5.74) is 2.26. The summed E-state index contributed by atoms with van der Waals surface area (Å²) in [5.74, 6) is 1.09. The van der Waals surface area contributed by atoms with E-state index in [1.807, 2.05) is 30.3 Å². The van der Waals surface area contributed by atoms with Crippen molar-refractivity contribution in [3.05, 3.63) is 53.1 Å². The van der Waals surface area contributed by atoms with Crippen LogP contribution >= 0.6 is 11.6 Å². The third-order valence-electron chi connectivity index (χ3n) is 4.36. The van der Waals surface area contributed by atoms with Crippen LogP contribution in [0.4, 0.5) is 11.4 Å². The van der Waals surface area contributed by atoms with Crippen molar-refractivity contribution < 1.29 is 9.53 Å². The zero-order valence-corrected chi connectivity index (χ0v) is 16.1. The van der Waals surface area contributed by atoms with Crippen LogP contribution in [0, 0.1) is 5.92 Å². The lowest BCUT2D eigenvalue weighted by Crippen LogP contribution is -2.21. The minimum atomic E-state index is -0.150. The van der Waals surface area contributed by atoms with Crippen molar-refractivity contribution in [3.63, 3.8) is 0 Å². The molecule has 0 saturated carbocycles. The molecule has 0 unspecified atom stereocenters. The maximum atomic E-state index is 12.7. The van der Waals surface area contributed by atoms with E-state index < -0.39 is 0 Å². The first-order valence-corrected chi connectivity index (χ1v) is 9.50. The highest BCUT2D eigenvalue weighted by Gasteiger charge is 2.20. The molecule has 2 aromatic carbocycles. The number of para-hydroxylation sites is 1. The molecular weight excluding hydrogens is 348 g/mol. The number of halogens is 1. The molecule has 26 heavy (non-hydrogen) atoms. The summed E-state index contributed by atoms with van der Waals surface area (Å²) in [6.45, 7) is 6.80. The molecule has 0 aliphatic carbocycles. The number of anilines is 2. The standard InChI is InChI=1S/C21H25ClN2O2/c1-15(2)14-26-17-10-8-16(9-11-17)21(25)23-19-7-5-6-18(22)20(19)24-12-3-4-13-24/h5-11,15H,3-4,12-14H2,1-2H3,(H,23,25). The van der Waals surface area contributed by atoms with Crippen molar-refractivity contribution in [2.75, 3.05) is 29.9 Å². The molecule has 0 atom stereocenters. The number of nitrogens with zero attached hydrogens (tertiary/aromatic N) is 1. The Kier molecular flexibility index (Phi) is 6.04. The third kappa shape index (κ3) is 4.50. The molecule has 1 saturated heterocycles. The number of amides is 1. The second kappa shape index (κ2) is 8.45. The molecule has 4 nitrogen and oxygen atoms in total. The van der Waals surface area contributed by atoms with Gasteiger partial charge >= 0.3 is 0 Å². The van der Waals surface area contributed by atoms with Crippen molar-refractivity contribution >= 4 is 28.9 Å². The zero-order valence-electron chi connectivity index (χ0n) is 15.3. The normalized spacial score (nSPS) is 13.9. The molecule has 0 aromatic heterocycles. The Labute approximate surface area is 160 Å². The molecule has 2 aromatic rings. The van der Waals surface area contributed by atoms with Crippen LogP contribution in [0.1, 0.15) is 37.0 Å². The molecule has 0 spiro atoms. The van der Waals surface area contributed by atoms with E-state index in [-0.39, 0.29) is 5.91 Å². The average Bonchev–Trinajstić information content (AvgIpc) is 3.14. The minimum Gasteiger partial charge on any atom is -0.493 e. The van der Waals surface area contributed by atoms with E-state index in [4.69, 9.17) is 16.3 Å². The van der Waals surface area contributed by atoms with E-state index in [0.29, 0.717) is 23.1 Å². The lowest BCUT2D eigenvalue weighted by atomic mass is 10.2. The van der Waals surface area contributed by atoms with E-state index in [2.05, 4.69) is 24.1 Å². The number of rotatable bonds is 6. The molecule has 1 aliphatic rings. The maximum Gasteiger partial charge on any atom is 0.255 e. The number of carbonyl (C=O) groups excluding carboxylic acids is 1. The van der Waals surface area contributed by atoms with Crippen LogP contribution in [0.3, 0.4) is 0 Å². The monoisotopic (exact) mass is 372 g/mol. The molecular formula is C21H25ClN2O2. The molecule has 1 heterocycles. The number of carbonyl (C=O) groups is 1. The molecule has 0 bridgehead atoms. The highest BCUT2D eigenvalue weighted by Crippen LogP contribution is 2.36. The van der Waals surface area contributed by atoms with Crippen LogP contribution in [-0.4, -0.2) is 25.6 Å². The number of benzene rings is 2. The fraction of sp³-hybridized carbons (Fsp3) is 0.381. The largest absolute Gasteiger partial charge is 0.493 e. The summed E-state index contributed by atoms with van der Waals surface area (Å²) in [6.07, 6.45) is 2.30. The van der Waals surface area contributed by atoms with E-state index >= 15 is 0 Å². The number of ether oxygens (including phenoxy) is 1. The number of hydrogen-bond donors (Lipinski definition) is 1. The Morgan fingerprint density at radius 1 is 1.15 bits per heavy atom. The minimum absolute atomic E-state index is 0.150. The zero-order chi connectivity index (χ0) is 18.5. The van der Waals surface area contributed by atoms with Gasteiger partial charge in [0, 0.05) is 18.7 Å². The van der Waals surface area contributed by atoms with Gasteiger partial charge < -0.3 is 15.0 Å². The lowest BCUT2D eigenvalue weighted by Gasteiger charge is -2.23. The summed E-state index contributed by atoms with van der Waals surface area (Å²) < 4.78 is 5.67. The van der Waals surface area contributed by atoms with Gasteiger partial charge in [-0.2, -0.15) is 0 Å². The molecule has 1 amide bonds. The van der Waals surface area contributed by atoms with Gasteiger partial charge in [0.15, 0.2) is 0 Å². The molecule has 1 N–H and O–H groups in total. The van der Waals surface area contributed by atoms with Gasteiger partial charge in [-0.15, -0.1) is 0 Å². The fourth-order valence-electron chi connectivity index (χ4n) is 3.04. The smallest absolute Gasteiger partial charge is 0.255 e. The summed E-state index contributed by atoms with van der Waals surface area (Å²) >= 11 is 6.41. The Balaban J connectivity index is 1.73. The SMILES string of the molecule is CC(C)COc1ccc(C(=O)Nc2cccc(Cl)c2N2CCCC2)cc1. The van der Waals surface area contributed by atoms with Crippen LogP contribution in [0.25, 0.3) is 0 Å². The van der Waals surface area contributed by atoms with Crippen LogP contribution < -0.4 is 15.0 Å². The van der Waals surface area contributed by atoms with Gasteiger partial charge in [0.25, 0.3) is 5.91 Å². The first-order valence-electron chi connectivity index (χ1n) is 9.12. The van der Waals surface area contributed by atoms with E-state index in [1.54, 1.807) is 12.1 Å². The molecule has 0 radical (unpaired) electrons. The van der Waals surface area contributed by atoms with Gasteiger partial charge in [0.2, 0.25) is 0 Å². The quantitative estimate of drug-likeness (QED) is 0.755. The topological polar surface area (TPSA) is 41.6 Å². The van der Waals surface area contributed by atoms with Gasteiger partial charge in [-0.05, 0) is 55.2 Å². The second-order valence-electron chi connectivity index (χ2n) is 7.01. The number of hydrogen-bond acceptors (Lipinski definition) is 3. The van der Waals surface area contributed by atoms with Gasteiger partial charge in [0.1, 0.15) is 5.75 Å². The van der Waals surface area contributed by atoms with Crippen molar-refractivity contribution in [1.29, 1.82) is 0 Å². The highest BCUT2D eigenvalue weighted by molar-refractivity contribution is 6.34.